The number of nitrogens with zero attached hydrogens (tertiary/aromatic N) is 3. The molecule has 2 aromatic heterocycles. The minimum Gasteiger partial charge on any atom is -0.381 e. The SMILES string of the molecule is N#CC1(CNc2cccc(-c3cc(NCC4CCOCC4)ncc3Cl)n2)CCOCC1. The van der Waals surface area contributed by atoms with Gasteiger partial charge in [0.15, 0.2) is 0 Å². The number of nitriles is 1. The predicted molar refractivity (Wildman–Crippen MR) is 121 cm³/mol. The maximum Gasteiger partial charge on any atom is 0.126 e. The zero-order chi connectivity index (χ0) is 21.5. The van der Waals surface area contributed by atoms with Crippen LogP contribution in [0.3, 0.4) is 0 Å². The average molecular weight is 442 g/mol. The quantitative estimate of drug-likeness (QED) is 0.659. The second kappa shape index (κ2) is 10.3. The summed E-state index contributed by atoms with van der Waals surface area (Å²) in [7, 11) is 0. The van der Waals surface area contributed by atoms with E-state index in [1.807, 2.05) is 24.3 Å². The van der Waals surface area contributed by atoms with Crippen LogP contribution < -0.4 is 10.6 Å². The molecule has 164 valence electrons. The van der Waals surface area contributed by atoms with Gasteiger partial charge in [0.05, 0.1) is 22.2 Å². The zero-order valence-corrected chi connectivity index (χ0v) is 18.3. The summed E-state index contributed by atoms with van der Waals surface area (Å²) in [4.78, 5) is 9.16. The third-order valence-electron chi connectivity index (χ3n) is 6.09. The summed E-state index contributed by atoms with van der Waals surface area (Å²) in [5, 5.41) is 17.0. The number of pyridine rings is 2. The highest BCUT2D eigenvalue weighted by Gasteiger charge is 2.32. The summed E-state index contributed by atoms with van der Waals surface area (Å²) in [6, 6.07) is 10.2. The Morgan fingerprint density at radius 2 is 1.87 bits per heavy atom. The monoisotopic (exact) mass is 441 g/mol. The third-order valence-corrected chi connectivity index (χ3v) is 6.39. The molecule has 2 saturated heterocycles. The van der Waals surface area contributed by atoms with Crippen molar-refractivity contribution in [3.05, 3.63) is 35.5 Å². The van der Waals surface area contributed by atoms with Gasteiger partial charge in [-0.25, -0.2) is 9.97 Å². The van der Waals surface area contributed by atoms with Gasteiger partial charge in [0.25, 0.3) is 0 Å². The van der Waals surface area contributed by atoms with Crippen LogP contribution in [-0.2, 0) is 9.47 Å². The van der Waals surface area contributed by atoms with Gasteiger partial charge in [0.1, 0.15) is 11.6 Å². The first-order valence-electron chi connectivity index (χ1n) is 10.8. The van der Waals surface area contributed by atoms with E-state index in [1.165, 1.54) is 0 Å². The standard InChI is InChI=1S/C23H28ClN5O2/c24-19-14-27-22(26-13-17-4-8-30-9-5-17)12-18(19)20-2-1-3-21(29-20)28-16-23(15-25)6-10-31-11-7-23/h1-3,12,14,17H,4-11,13,16H2,(H,26,27)(H,28,29). The largest absolute Gasteiger partial charge is 0.381 e. The molecule has 4 heterocycles. The first-order valence-corrected chi connectivity index (χ1v) is 11.2. The van der Waals surface area contributed by atoms with E-state index in [9.17, 15) is 5.26 Å². The Bertz CT molecular complexity index is 920. The summed E-state index contributed by atoms with van der Waals surface area (Å²) < 4.78 is 10.8. The lowest BCUT2D eigenvalue weighted by Crippen LogP contribution is -2.34. The number of halogens is 1. The zero-order valence-electron chi connectivity index (χ0n) is 17.6. The molecule has 2 fully saturated rings. The minimum absolute atomic E-state index is 0.411. The van der Waals surface area contributed by atoms with Crippen LogP contribution >= 0.6 is 11.6 Å². The molecule has 2 aliphatic rings. The van der Waals surface area contributed by atoms with Crippen molar-refractivity contribution < 1.29 is 9.47 Å². The Balaban J connectivity index is 1.44. The highest BCUT2D eigenvalue weighted by Crippen LogP contribution is 2.31. The van der Waals surface area contributed by atoms with Gasteiger partial charge < -0.3 is 20.1 Å². The Morgan fingerprint density at radius 1 is 1.10 bits per heavy atom. The van der Waals surface area contributed by atoms with Crippen LogP contribution in [0.2, 0.25) is 5.02 Å². The first kappa shape index (κ1) is 21.8. The molecule has 8 heteroatoms. The van der Waals surface area contributed by atoms with E-state index in [1.54, 1.807) is 6.20 Å². The number of rotatable bonds is 7. The van der Waals surface area contributed by atoms with E-state index >= 15 is 0 Å². The van der Waals surface area contributed by atoms with E-state index < -0.39 is 5.41 Å². The average Bonchev–Trinajstić information content (AvgIpc) is 2.84. The third kappa shape index (κ3) is 5.65. The van der Waals surface area contributed by atoms with Crippen molar-refractivity contribution in [1.82, 2.24) is 9.97 Å². The van der Waals surface area contributed by atoms with Crippen LogP contribution in [0, 0.1) is 22.7 Å². The lowest BCUT2D eigenvalue weighted by Gasteiger charge is -2.30. The van der Waals surface area contributed by atoms with Crippen molar-refractivity contribution in [2.45, 2.75) is 25.7 Å². The van der Waals surface area contributed by atoms with Gasteiger partial charge in [-0.15, -0.1) is 0 Å². The summed E-state index contributed by atoms with van der Waals surface area (Å²) in [6.45, 7) is 4.32. The smallest absolute Gasteiger partial charge is 0.126 e. The maximum atomic E-state index is 9.66. The predicted octanol–water partition coefficient (Wildman–Crippen LogP) is 4.37. The Labute approximate surface area is 188 Å². The molecule has 7 nitrogen and oxygen atoms in total. The van der Waals surface area contributed by atoms with E-state index in [4.69, 9.17) is 26.1 Å². The van der Waals surface area contributed by atoms with Gasteiger partial charge in [-0.1, -0.05) is 17.7 Å². The van der Waals surface area contributed by atoms with E-state index in [0.717, 1.165) is 68.3 Å². The van der Waals surface area contributed by atoms with E-state index in [0.29, 0.717) is 30.7 Å². The molecule has 0 amide bonds. The second-order valence-corrected chi connectivity index (χ2v) is 8.66. The number of ether oxygens (including phenoxy) is 2. The number of nitrogens with one attached hydrogen (secondary N) is 2. The highest BCUT2D eigenvalue weighted by atomic mass is 35.5. The fourth-order valence-electron chi connectivity index (χ4n) is 3.96. The maximum absolute atomic E-state index is 9.66. The minimum atomic E-state index is -0.411. The highest BCUT2D eigenvalue weighted by molar-refractivity contribution is 6.33. The van der Waals surface area contributed by atoms with Crippen molar-refractivity contribution in [3.63, 3.8) is 0 Å². The van der Waals surface area contributed by atoms with E-state index in [2.05, 4.69) is 21.7 Å². The molecule has 2 N–H and O–H groups in total. The Hall–Kier alpha value is -2.40. The number of aromatic nitrogens is 2. The van der Waals surface area contributed by atoms with Gasteiger partial charge in [0.2, 0.25) is 0 Å². The van der Waals surface area contributed by atoms with Crippen LogP contribution in [0.25, 0.3) is 11.3 Å². The number of hydrogen-bond acceptors (Lipinski definition) is 7. The van der Waals surface area contributed by atoms with Crippen molar-refractivity contribution in [1.29, 1.82) is 5.26 Å². The van der Waals surface area contributed by atoms with Gasteiger partial charge >= 0.3 is 0 Å². The number of hydrogen-bond donors (Lipinski definition) is 2. The molecule has 0 radical (unpaired) electrons. The molecular formula is C23H28ClN5O2. The fraction of sp³-hybridized carbons (Fsp3) is 0.522. The van der Waals surface area contributed by atoms with Crippen LogP contribution in [0.4, 0.5) is 11.6 Å². The molecule has 0 unspecified atom stereocenters. The van der Waals surface area contributed by atoms with Crippen LogP contribution in [-0.4, -0.2) is 49.5 Å². The molecule has 2 aromatic rings. The Morgan fingerprint density at radius 3 is 2.65 bits per heavy atom. The summed E-state index contributed by atoms with van der Waals surface area (Å²) in [6.07, 6.45) is 5.26. The topological polar surface area (TPSA) is 92.1 Å². The van der Waals surface area contributed by atoms with Crippen LogP contribution in [0.5, 0.6) is 0 Å². The van der Waals surface area contributed by atoms with Crippen molar-refractivity contribution >= 4 is 23.2 Å². The van der Waals surface area contributed by atoms with Crippen LogP contribution in [0.1, 0.15) is 25.7 Å². The van der Waals surface area contributed by atoms with Crippen molar-refractivity contribution in [2.75, 3.05) is 50.2 Å². The molecule has 0 spiro atoms. The second-order valence-electron chi connectivity index (χ2n) is 8.25. The van der Waals surface area contributed by atoms with Crippen molar-refractivity contribution in [2.24, 2.45) is 11.3 Å². The molecular weight excluding hydrogens is 414 g/mol. The number of anilines is 2. The molecule has 0 atom stereocenters. The molecule has 2 aliphatic heterocycles. The van der Waals surface area contributed by atoms with Gasteiger partial charge in [0, 0.05) is 51.3 Å². The Kier molecular flexibility index (Phi) is 7.23. The lowest BCUT2D eigenvalue weighted by molar-refractivity contribution is 0.0455. The molecule has 0 aromatic carbocycles. The van der Waals surface area contributed by atoms with Crippen LogP contribution in [0.15, 0.2) is 30.5 Å². The van der Waals surface area contributed by atoms with Gasteiger partial charge in [-0.05, 0) is 49.8 Å². The first-order chi connectivity index (χ1) is 15.2. The van der Waals surface area contributed by atoms with Gasteiger partial charge in [-0.3, -0.25) is 0 Å². The lowest BCUT2D eigenvalue weighted by atomic mass is 9.82. The summed E-state index contributed by atoms with van der Waals surface area (Å²) in [5.41, 5.74) is 1.19. The molecule has 0 bridgehead atoms. The molecule has 31 heavy (non-hydrogen) atoms. The molecule has 0 aliphatic carbocycles. The van der Waals surface area contributed by atoms with E-state index in [-0.39, 0.29) is 0 Å². The summed E-state index contributed by atoms with van der Waals surface area (Å²) >= 11 is 6.45. The molecule has 4 rings (SSSR count). The molecule has 0 saturated carbocycles. The van der Waals surface area contributed by atoms with Gasteiger partial charge in [-0.2, -0.15) is 5.26 Å². The summed E-state index contributed by atoms with van der Waals surface area (Å²) in [5.74, 6) is 2.11. The fourth-order valence-corrected chi connectivity index (χ4v) is 4.16. The van der Waals surface area contributed by atoms with Crippen molar-refractivity contribution in [3.8, 4) is 17.3 Å². The normalized spacial score (nSPS) is 18.8.